The van der Waals surface area contributed by atoms with E-state index in [0.29, 0.717) is 30.6 Å². The fraction of sp³-hybridized carbons (Fsp3) is 0.476. The smallest absolute Gasteiger partial charge is 0.256 e. The zero-order chi connectivity index (χ0) is 18.5. The maximum absolute atomic E-state index is 12.8. The molecule has 2 aliphatic rings. The number of benzene rings is 1. The van der Waals surface area contributed by atoms with Gasteiger partial charge in [0.25, 0.3) is 5.91 Å². The second kappa shape index (κ2) is 8.48. The van der Waals surface area contributed by atoms with Gasteiger partial charge in [-0.3, -0.25) is 4.79 Å². The molecule has 2 aromatic rings. The van der Waals surface area contributed by atoms with E-state index in [9.17, 15) is 4.79 Å². The Labute approximate surface area is 160 Å². The number of anilines is 1. The predicted molar refractivity (Wildman–Crippen MR) is 104 cm³/mol. The number of carbonyl (C=O) groups excluding carboxylic acids is 1. The van der Waals surface area contributed by atoms with Gasteiger partial charge in [0.1, 0.15) is 0 Å². The summed E-state index contributed by atoms with van der Waals surface area (Å²) in [4.78, 5) is 25.6. The number of hydrogen-bond acceptors (Lipinski definition) is 5. The van der Waals surface area contributed by atoms with E-state index in [0.717, 1.165) is 45.4 Å². The van der Waals surface area contributed by atoms with Crippen molar-refractivity contribution in [3.8, 4) is 0 Å². The number of morpholine rings is 1. The van der Waals surface area contributed by atoms with E-state index in [1.54, 1.807) is 12.4 Å². The molecule has 142 valence electrons. The van der Waals surface area contributed by atoms with Crippen LogP contribution in [0.1, 0.15) is 28.8 Å². The van der Waals surface area contributed by atoms with Crippen molar-refractivity contribution in [3.05, 3.63) is 53.9 Å². The van der Waals surface area contributed by atoms with Gasteiger partial charge in [-0.05, 0) is 30.7 Å². The van der Waals surface area contributed by atoms with Gasteiger partial charge in [0.15, 0.2) is 0 Å². The van der Waals surface area contributed by atoms with Crippen LogP contribution in [0.5, 0.6) is 0 Å². The van der Waals surface area contributed by atoms with E-state index in [2.05, 4.69) is 45.2 Å². The summed E-state index contributed by atoms with van der Waals surface area (Å²) in [6.45, 7) is 4.59. The van der Waals surface area contributed by atoms with Crippen molar-refractivity contribution in [1.29, 1.82) is 0 Å². The molecular formula is C21H26N4O2. The molecule has 0 unspecified atom stereocenters. The van der Waals surface area contributed by atoms with Crippen molar-refractivity contribution >= 4 is 11.9 Å². The number of ether oxygens (including phenoxy) is 1. The zero-order valence-electron chi connectivity index (χ0n) is 15.6. The summed E-state index contributed by atoms with van der Waals surface area (Å²) < 4.78 is 5.35. The number of amides is 1. The Bertz CT molecular complexity index is 737. The molecular weight excluding hydrogens is 340 g/mol. The van der Waals surface area contributed by atoms with Gasteiger partial charge >= 0.3 is 0 Å². The van der Waals surface area contributed by atoms with Gasteiger partial charge in [-0.2, -0.15) is 0 Å². The number of piperidine rings is 1. The standard InChI is InChI=1S/C21H26N4O2/c26-20(19-15-22-21(23-16-19)25-10-12-27-13-11-25)24-8-6-18(7-9-24)14-17-4-2-1-3-5-17/h1-5,15-16,18H,6-14H2. The van der Waals surface area contributed by atoms with Crippen molar-refractivity contribution in [1.82, 2.24) is 14.9 Å². The third-order valence-corrected chi connectivity index (χ3v) is 5.45. The highest BCUT2D eigenvalue weighted by molar-refractivity contribution is 5.93. The fourth-order valence-corrected chi connectivity index (χ4v) is 3.83. The Balaban J connectivity index is 1.31. The largest absolute Gasteiger partial charge is 0.378 e. The summed E-state index contributed by atoms with van der Waals surface area (Å²) in [5, 5.41) is 0. The summed E-state index contributed by atoms with van der Waals surface area (Å²) in [5.41, 5.74) is 1.96. The summed E-state index contributed by atoms with van der Waals surface area (Å²) in [7, 11) is 0. The summed E-state index contributed by atoms with van der Waals surface area (Å²) >= 11 is 0. The van der Waals surface area contributed by atoms with Crippen LogP contribution in [-0.2, 0) is 11.2 Å². The van der Waals surface area contributed by atoms with E-state index in [-0.39, 0.29) is 5.91 Å². The van der Waals surface area contributed by atoms with Crippen LogP contribution in [0.4, 0.5) is 5.95 Å². The molecule has 6 nitrogen and oxygen atoms in total. The van der Waals surface area contributed by atoms with Gasteiger partial charge in [0.2, 0.25) is 5.95 Å². The van der Waals surface area contributed by atoms with Crippen LogP contribution in [0.2, 0.25) is 0 Å². The quantitative estimate of drug-likeness (QED) is 0.832. The highest BCUT2D eigenvalue weighted by Crippen LogP contribution is 2.23. The first-order valence-corrected chi connectivity index (χ1v) is 9.77. The molecule has 1 aromatic heterocycles. The van der Waals surface area contributed by atoms with Gasteiger partial charge in [0, 0.05) is 38.6 Å². The average molecular weight is 366 g/mol. The molecule has 27 heavy (non-hydrogen) atoms. The van der Waals surface area contributed by atoms with Crippen molar-refractivity contribution in [2.75, 3.05) is 44.3 Å². The normalized spacial score (nSPS) is 18.5. The molecule has 2 saturated heterocycles. The molecule has 3 heterocycles. The first-order valence-electron chi connectivity index (χ1n) is 9.77. The monoisotopic (exact) mass is 366 g/mol. The van der Waals surface area contributed by atoms with Crippen LogP contribution in [0.15, 0.2) is 42.7 Å². The Morgan fingerprint density at radius 1 is 1.00 bits per heavy atom. The molecule has 0 bridgehead atoms. The lowest BCUT2D eigenvalue weighted by Gasteiger charge is -2.32. The van der Waals surface area contributed by atoms with Crippen molar-refractivity contribution in [2.24, 2.45) is 5.92 Å². The van der Waals surface area contributed by atoms with Crippen LogP contribution < -0.4 is 4.90 Å². The molecule has 0 aliphatic carbocycles. The number of rotatable bonds is 4. The van der Waals surface area contributed by atoms with Gasteiger partial charge in [-0.15, -0.1) is 0 Å². The molecule has 6 heteroatoms. The van der Waals surface area contributed by atoms with E-state index in [1.807, 2.05) is 4.90 Å². The summed E-state index contributed by atoms with van der Waals surface area (Å²) in [6.07, 6.45) is 6.52. The van der Waals surface area contributed by atoms with Gasteiger partial charge < -0.3 is 14.5 Å². The SMILES string of the molecule is O=C(c1cnc(N2CCOCC2)nc1)N1CCC(Cc2ccccc2)CC1. The number of aromatic nitrogens is 2. The highest BCUT2D eigenvalue weighted by atomic mass is 16.5. The third-order valence-electron chi connectivity index (χ3n) is 5.45. The molecule has 0 N–H and O–H groups in total. The van der Waals surface area contributed by atoms with Crippen molar-refractivity contribution in [2.45, 2.75) is 19.3 Å². The van der Waals surface area contributed by atoms with E-state index in [4.69, 9.17) is 4.74 Å². The highest BCUT2D eigenvalue weighted by Gasteiger charge is 2.24. The van der Waals surface area contributed by atoms with Crippen LogP contribution in [0.3, 0.4) is 0 Å². The molecule has 2 fully saturated rings. The minimum atomic E-state index is 0.0432. The number of likely N-dealkylation sites (tertiary alicyclic amines) is 1. The lowest BCUT2D eigenvalue weighted by atomic mass is 9.90. The third kappa shape index (κ3) is 4.45. The maximum Gasteiger partial charge on any atom is 0.256 e. The van der Waals surface area contributed by atoms with E-state index in [1.165, 1.54) is 5.56 Å². The molecule has 1 amide bonds. The van der Waals surface area contributed by atoms with Gasteiger partial charge in [0.05, 0.1) is 18.8 Å². The molecule has 4 rings (SSSR count). The van der Waals surface area contributed by atoms with E-state index >= 15 is 0 Å². The molecule has 0 saturated carbocycles. The molecule has 0 radical (unpaired) electrons. The Hall–Kier alpha value is -2.47. The second-order valence-electron chi connectivity index (χ2n) is 7.30. The van der Waals surface area contributed by atoms with Crippen LogP contribution in [0.25, 0.3) is 0 Å². The molecule has 1 aromatic carbocycles. The lowest BCUT2D eigenvalue weighted by molar-refractivity contribution is 0.0689. The van der Waals surface area contributed by atoms with E-state index < -0.39 is 0 Å². The number of nitrogens with zero attached hydrogens (tertiary/aromatic N) is 4. The first kappa shape index (κ1) is 17.9. The molecule has 2 aliphatic heterocycles. The Morgan fingerprint density at radius 2 is 1.67 bits per heavy atom. The van der Waals surface area contributed by atoms with Crippen LogP contribution in [0, 0.1) is 5.92 Å². The molecule has 0 atom stereocenters. The minimum Gasteiger partial charge on any atom is -0.378 e. The van der Waals surface area contributed by atoms with Gasteiger partial charge in [-0.25, -0.2) is 9.97 Å². The predicted octanol–water partition coefficient (Wildman–Crippen LogP) is 2.41. The van der Waals surface area contributed by atoms with Gasteiger partial charge in [-0.1, -0.05) is 30.3 Å². The summed E-state index contributed by atoms with van der Waals surface area (Å²) in [6, 6.07) is 10.6. The van der Waals surface area contributed by atoms with Crippen LogP contribution in [-0.4, -0.2) is 60.2 Å². The average Bonchev–Trinajstić information content (AvgIpc) is 2.75. The van der Waals surface area contributed by atoms with Crippen LogP contribution >= 0.6 is 0 Å². The fourth-order valence-electron chi connectivity index (χ4n) is 3.83. The number of carbonyl (C=O) groups is 1. The van der Waals surface area contributed by atoms with Crippen molar-refractivity contribution < 1.29 is 9.53 Å². The first-order chi connectivity index (χ1) is 13.3. The maximum atomic E-state index is 12.8. The topological polar surface area (TPSA) is 58.6 Å². The Morgan fingerprint density at radius 3 is 2.33 bits per heavy atom. The summed E-state index contributed by atoms with van der Waals surface area (Å²) in [5.74, 6) is 1.37. The zero-order valence-corrected chi connectivity index (χ0v) is 15.6. The second-order valence-corrected chi connectivity index (χ2v) is 7.30. The minimum absolute atomic E-state index is 0.0432. The van der Waals surface area contributed by atoms with Crippen molar-refractivity contribution in [3.63, 3.8) is 0 Å². The number of hydrogen-bond donors (Lipinski definition) is 0. The molecule has 0 spiro atoms. The Kier molecular flexibility index (Phi) is 5.63. The lowest BCUT2D eigenvalue weighted by Crippen LogP contribution is -2.39.